The van der Waals surface area contributed by atoms with Crippen LogP contribution in [0.3, 0.4) is 0 Å². The summed E-state index contributed by atoms with van der Waals surface area (Å²) in [4.78, 5) is 42.8. The first kappa shape index (κ1) is 22.2. The Balaban J connectivity index is 1.38. The minimum atomic E-state index is -0.153. The molecule has 164 valence electrons. The van der Waals surface area contributed by atoms with Gasteiger partial charge in [0.05, 0.1) is 13.1 Å². The van der Waals surface area contributed by atoms with Crippen molar-refractivity contribution in [2.45, 2.75) is 25.7 Å². The zero-order chi connectivity index (χ0) is 21.3. The van der Waals surface area contributed by atoms with Crippen LogP contribution in [0.15, 0.2) is 24.3 Å². The Morgan fingerprint density at radius 3 is 1.93 bits per heavy atom. The van der Waals surface area contributed by atoms with Crippen LogP contribution in [0.1, 0.15) is 36.0 Å². The molecule has 0 aromatic heterocycles. The third-order valence-electron chi connectivity index (χ3n) is 5.81. The van der Waals surface area contributed by atoms with Gasteiger partial charge in [-0.25, -0.2) is 0 Å². The van der Waals surface area contributed by atoms with Gasteiger partial charge in [0.15, 0.2) is 0 Å². The van der Waals surface area contributed by atoms with Gasteiger partial charge in [0.25, 0.3) is 5.91 Å². The fraction of sp³-hybridized carbons (Fsp3) is 0.591. The summed E-state index contributed by atoms with van der Waals surface area (Å²) in [7, 11) is 1.59. The Bertz CT molecular complexity index is 721. The molecule has 8 nitrogen and oxygen atoms in total. The molecule has 0 atom stereocenters. The number of likely N-dealkylation sites (tertiary alicyclic amines) is 1. The van der Waals surface area contributed by atoms with Crippen molar-refractivity contribution in [3.8, 4) is 0 Å². The smallest absolute Gasteiger partial charge is 0.251 e. The minimum Gasteiger partial charge on any atom is -0.355 e. The van der Waals surface area contributed by atoms with E-state index in [1.54, 1.807) is 31.3 Å². The van der Waals surface area contributed by atoms with Gasteiger partial charge >= 0.3 is 0 Å². The summed E-state index contributed by atoms with van der Waals surface area (Å²) >= 11 is 0. The molecule has 0 saturated carbocycles. The van der Waals surface area contributed by atoms with Gasteiger partial charge in [-0.3, -0.25) is 24.2 Å². The Hall–Kier alpha value is -2.45. The molecular weight excluding hydrogens is 382 g/mol. The maximum atomic E-state index is 12.5. The molecule has 3 rings (SSSR count). The number of nitrogens with one attached hydrogen (secondary N) is 2. The van der Waals surface area contributed by atoms with E-state index in [2.05, 4.69) is 20.4 Å². The highest BCUT2D eigenvalue weighted by Gasteiger charge is 2.23. The molecule has 2 N–H and O–H groups in total. The Morgan fingerprint density at radius 2 is 1.37 bits per heavy atom. The molecule has 2 aliphatic rings. The fourth-order valence-electron chi connectivity index (χ4n) is 3.97. The minimum absolute atomic E-state index is 0.0724. The van der Waals surface area contributed by atoms with E-state index in [1.807, 2.05) is 4.90 Å². The third-order valence-corrected chi connectivity index (χ3v) is 5.81. The summed E-state index contributed by atoms with van der Waals surface area (Å²) in [6, 6.07) is 6.84. The average Bonchev–Trinajstić information content (AvgIpc) is 3.05. The molecule has 3 amide bonds. The monoisotopic (exact) mass is 415 g/mol. The van der Waals surface area contributed by atoms with E-state index in [0.717, 1.165) is 52.1 Å². The topological polar surface area (TPSA) is 85.0 Å². The summed E-state index contributed by atoms with van der Waals surface area (Å²) < 4.78 is 0. The van der Waals surface area contributed by atoms with Crippen molar-refractivity contribution in [3.05, 3.63) is 29.8 Å². The van der Waals surface area contributed by atoms with Crippen molar-refractivity contribution in [1.29, 1.82) is 0 Å². The molecule has 0 spiro atoms. The van der Waals surface area contributed by atoms with Crippen molar-refractivity contribution in [2.75, 3.05) is 64.7 Å². The lowest BCUT2D eigenvalue weighted by molar-refractivity contribution is -0.133. The lowest BCUT2D eigenvalue weighted by Gasteiger charge is -2.35. The second-order valence-corrected chi connectivity index (χ2v) is 8.05. The van der Waals surface area contributed by atoms with Crippen LogP contribution in [0.5, 0.6) is 0 Å². The number of hydrogen-bond donors (Lipinski definition) is 2. The molecule has 0 bridgehead atoms. The molecule has 0 aliphatic carbocycles. The fourth-order valence-corrected chi connectivity index (χ4v) is 3.97. The van der Waals surface area contributed by atoms with Gasteiger partial charge in [-0.1, -0.05) is 12.8 Å². The summed E-state index contributed by atoms with van der Waals surface area (Å²) in [6.07, 6.45) is 4.68. The molecule has 1 aromatic rings. The van der Waals surface area contributed by atoms with Crippen molar-refractivity contribution in [3.63, 3.8) is 0 Å². The number of piperazine rings is 1. The molecule has 30 heavy (non-hydrogen) atoms. The van der Waals surface area contributed by atoms with Gasteiger partial charge in [0.2, 0.25) is 11.8 Å². The summed E-state index contributed by atoms with van der Waals surface area (Å²) in [5.41, 5.74) is 1.23. The molecule has 0 radical (unpaired) electrons. The molecule has 2 saturated heterocycles. The number of benzene rings is 1. The summed E-state index contributed by atoms with van der Waals surface area (Å²) in [5, 5.41) is 5.45. The van der Waals surface area contributed by atoms with Crippen LogP contribution < -0.4 is 10.6 Å². The van der Waals surface area contributed by atoms with Crippen molar-refractivity contribution >= 4 is 23.4 Å². The SMILES string of the molecule is CNC(=O)c1ccc(NC(=O)CN2CCN(CC(=O)N3CCCCCC3)CC2)cc1. The normalized spacial score (nSPS) is 18.5. The Labute approximate surface area is 178 Å². The maximum absolute atomic E-state index is 12.5. The molecule has 8 heteroatoms. The van der Waals surface area contributed by atoms with Gasteiger partial charge < -0.3 is 15.5 Å². The number of rotatable bonds is 6. The number of hydrogen-bond acceptors (Lipinski definition) is 5. The van der Waals surface area contributed by atoms with E-state index < -0.39 is 0 Å². The van der Waals surface area contributed by atoms with Crippen LogP contribution in [-0.2, 0) is 9.59 Å². The van der Waals surface area contributed by atoms with Crippen LogP contribution in [0.4, 0.5) is 5.69 Å². The standard InChI is InChI=1S/C22H33N5O3/c1-23-22(30)18-6-8-19(9-7-18)24-20(28)16-25-12-14-26(15-13-25)17-21(29)27-10-4-2-3-5-11-27/h6-9H,2-5,10-17H2,1H3,(H,23,30)(H,24,28). The Morgan fingerprint density at radius 1 is 0.800 bits per heavy atom. The second-order valence-electron chi connectivity index (χ2n) is 8.05. The van der Waals surface area contributed by atoms with Gasteiger partial charge in [0.1, 0.15) is 0 Å². The average molecular weight is 416 g/mol. The number of carbonyl (C=O) groups excluding carboxylic acids is 3. The zero-order valence-electron chi connectivity index (χ0n) is 17.9. The van der Waals surface area contributed by atoms with Crippen LogP contribution in [-0.4, -0.2) is 91.8 Å². The number of amides is 3. The quantitative estimate of drug-likeness (QED) is 0.724. The molecule has 0 unspecified atom stereocenters. The predicted octanol–water partition coefficient (Wildman–Crippen LogP) is 1.00. The lowest BCUT2D eigenvalue weighted by atomic mass is 10.2. The first-order valence-corrected chi connectivity index (χ1v) is 10.9. The number of carbonyl (C=O) groups is 3. The van der Waals surface area contributed by atoms with Crippen LogP contribution in [0, 0.1) is 0 Å². The predicted molar refractivity (Wildman–Crippen MR) is 116 cm³/mol. The largest absolute Gasteiger partial charge is 0.355 e. The van der Waals surface area contributed by atoms with Gasteiger partial charge in [0, 0.05) is 57.6 Å². The van der Waals surface area contributed by atoms with E-state index in [1.165, 1.54) is 12.8 Å². The van der Waals surface area contributed by atoms with Crippen molar-refractivity contribution < 1.29 is 14.4 Å². The van der Waals surface area contributed by atoms with E-state index in [9.17, 15) is 14.4 Å². The summed E-state index contributed by atoms with van der Waals surface area (Å²) in [5.74, 6) is 0.0140. The zero-order valence-corrected chi connectivity index (χ0v) is 17.9. The highest BCUT2D eigenvalue weighted by Crippen LogP contribution is 2.12. The van der Waals surface area contributed by atoms with Crippen LogP contribution in [0.2, 0.25) is 0 Å². The van der Waals surface area contributed by atoms with Crippen LogP contribution in [0.25, 0.3) is 0 Å². The number of anilines is 1. The molecule has 2 fully saturated rings. The van der Waals surface area contributed by atoms with Gasteiger partial charge in [-0.05, 0) is 37.1 Å². The molecule has 2 aliphatic heterocycles. The van der Waals surface area contributed by atoms with Gasteiger partial charge in [-0.15, -0.1) is 0 Å². The van der Waals surface area contributed by atoms with E-state index >= 15 is 0 Å². The highest BCUT2D eigenvalue weighted by atomic mass is 16.2. The van der Waals surface area contributed by atoms with Crippen LogP contribution >= 0.6 is 0 Å². The van der Waals surface area contributed by atoms with E-state index in [4.69, 9.17) is 0 Å². The molecule has 1 aromatic carbocycles. The van der Waals surface area contributed by atoms with Crippen molar-refractivity contribution in [2.24, 2.45) is 0 Å². The Kier molecular flexibility index (Phi) is 8.21. The van der Waals surface area contributed by atoms with Crippen molar-refractivity contribution in [1.82, 2.24) is 20.0 Å². The number of nitrogens with zero attached hydrogens (tertiary/aromatic N) is 3. The lowest BCUT2D eigenvalue weighted by Crippen LogP contribution is -2.51. The first-order valence-electron chi connectivity index (χ1n) is 10.9. The van der Waals surface area contributed by atoms with E-state index in [0.29, 0.717) is 24.3 Å². The molecule has 2 heterocycles. The van der Waals surface area contributed by atoms with E-state index in [-0.39, 0.29) is 17.7 Å². The van der Waals surface area contributed by atoms with Gasteiger partial charge in [-0.2, -0.15) is 0 Å². The molecular formula is C22H33N5O3. The first-order chi connectivity index (χ1) is 14.5. The maximum Gasteiger partial charge on any atom is 0.251 e. The highest BCUT2D eigenvalue weighted by molar-refractivity contribution is 5.96. The second kappa shape index (κ2) is 11.1. The summed E-state index contributed by atoms with van der Waals surface area (Å²) in [6.45, 7) is 5.74. The third kappa shape index (κ3) is 6.53.